The summed E-state index contributed by atoms with van der Waals surface area (Å²) in [4.78, 5) is 2.30. The number of nitrogens with zero attached hydrogens (tertiary/aromatic N) is 2. The Balaban J connectivity index is 2.31. The van der Waals surface area contributed by atoms with E-state index in [1.165, 1.54) is 13.1 Å². The highest BCUT2D eigenvalue weighted by atomic mass is 15.4. The summed E-state index contributed by atoms with van der Waals surface area (Å²) < 4.78 is 1.15. The minimum absolute atomic E-state index is 0.722. The average molecular weight is 141 g/mol. The molecule has 1 aliphatic rings. The summed E-state index contributed by atoms with van der Waals surface area (Å²) in [6.07, 6.45) is 0. The molecule has 0 amide bonds. The third kappa shape index (κ3) is 1.96. The highest BCUT2D eigenvalue weighted by Gasteiger charge is 2.22. The molecule has 1 aliphatic heterocycles. The lowest BCUT2D eigenvalue weighted by Gasteiger charge is -2.38. The third-order valence-electron chi connectivity index (χ3n) is 2.30. The van der Waals surface area contributed by atoms with Crippen molar-refractivity contribution in [2.24, 2.45) is 0 Å². The van der Waals surface area contributed by atoms with Gasteiger partial charge in [0, 0.05) is 19.6 Å². The second kappa shape index (κ2) is 2.89. The van der Waals surface area contributed by atoms with E-state index in [4.69, 9.17) is 6.92 Å². The van der Waals surface area contributed by atoms with Crippen molar-refractivity contribution < 1.29 is 4.48 Å². The van der Waals surface area contributed by atoms with Crippen LogP contribution in [0.3, 0.4) is 0 Å². The topological polar surface area (TPSA) is 3.24 Å². The van der Waals surface area contributed by atoms with E-state index in [-0.39, 0.29) is 0 Å². The fourth-order valence-corrected chi connectivity index (χ4v) is 1.23. The Morgan fingerprint density at radius 3 is 2.20 bits per heavy atom. The first-order chi connectivity index (χ1) is 4.64. The van der Waals surface area contributed by atoms with Gasteiger partial charge in [-0.25, -0.2) is 0 Å². The van der Waals surface area contributed by atoms with E-state index in [1.54, 1.807) is 0 Å². The molecule has 0 saturated carbocycles. The van der Waals surface area contributed by atoms with Gasteiger partial charge in [-0.15, -0.1) is 0 Å². The summed E-state index contributed by atoms with van der Waals surface area (Å²) in [5.41, 5.74) is 0. The van der Waals surface area contributed by atoms with Crippen molar-refractivity contribution in [2.45, 2.75) is 0 Å². The maximum absolute atomic E-state index is 5.51. The number of quaternary nitrogens is 1. The minimum atomic E-state index is 0.722. The molecule has 0 N–H and O–H groups in total. The molecule has 1 heterocycles. The van der Waals surface area contributed by atoms with Crippen molar-refractivity contribution >= 4 is 0 Å². The SMILES string of the molecule is [CH]CN1CC[N+](C)(C)CC1. The zero-order valence-electron chi connectivity index (χ0n) is 7.01. The molecule has 58 valence electrons. The van der Waals surface area contributed by atoms with Gasteiger partial charge in [-0.2, -0.15) is 0 Å². The zero-order chi connectivity index (χ0) is 7.61. The number of hydrogen-bond acceptors (Lipinski definition) is 1. The van der Waals surface area contributed by atoms with E-state index in [1.807, 2.05) is 0 Å². The molecule has 0 spiro atoms. The molecule has 1 saturated heterocycles. The molecule has 0 aliphatic carbocycles. The summed E-state index contributed by atoms with van der Waals surface area (Å²) in [7, 11) is 4.54. The summed E-state index contributed by atoms with van der Waals surface area (Å²) >= 11 is 0. The Labute approximate surface area is 64.0 Å². The van der Waals surface area contributed by atoms with Crippen LogP contribution in [0.15, 0.2) is 0 Å². The summed E-state index contributed by atoms with van der Waals surface area (Å²) in [6, 6.07) is 0. The minimum Gasteiger partial charge on any atom is -0.326 e. The van der Waals surface area contributed by atoms with Gasteiger partial charge in [-0.05, 0) is 6.92 Å². The quantitative estimate of drug-likeness (QED) is 0.468. The highest BCUT2D eigenvalue weighted by molar-refractivity contribution is 4.62. The fraction of sp³-hybridized carbons (Fsp3) is 0.875. The van der Waals surface area contributed by atoms with E-state index < -0.39 is 0 Å². The van der Waals surface area contributed by atoms with Crippen LogP contribution in [0.1, 0.15) is 0 Å². The van der Waals surface area contributed by atoms with Gasteiger partial charge in [-0.3, -0.25) is 4.90 Å². The Morgan fingerprint density at radius 2 is 1.80 bits per heavy atom. The lowest BCUT2D eigenvalue weighted by Crippen LogP contribution is -2.54. The van der Waals surface area contributed by atoms with E-state index in [0.29, 0.717) is 0 Å². The van der Waals surface area contributed by atoms with E-state index >= 15 is 0 Å². The number of likely N-dealkylation sites (N-methyl/N-ethyl adjacent to an activating group) is 1. The van der Waals surface area contributed by atoms with Crippen LogP contribution in [0.2, 0.25) is 0 Å². The maximum atomic E-state index is 5.51. The standard InChI is InChI=1S/C8H17N2/c1-4-9-5-7-10(2,3)8-6-9/h1H,4-8H2,2-3H3/q+1. The van der Waals surface area contributed by atoms with Crippen molar-refractivity contribution in [3.05, 3.63) is 6.92 Å². The summed E-state index contributed by atoms with van der Waals surface area (Å²) in [5.74, 6) is 0. The van der Waals surface area contributed by atoms with Crippen LogP contribution in [0, 0.1) is 6.92 Å². The molecule has 10 heavy (non-hydrogen) atoms. The third-order valence-corrected chi connectivity index (χ3v) is 2.30. The predicted molar refractivity (Wildman–Crippen MR) is 42.6 cm³/mol. The van der Waals surface area contributed by atoms with Crippen LogP contribution in [-0.2, 0) is 0 Å². The van der Waals surface area contributed by atoms with Gasteiger partial charge in [0.1, 0.15) is 0 Å². The van der Waals surface area contributed by atoms with Crippen LogP contribution in [-0.4, -0.2) is 56.2 Å². The first-order valence-corrected chi connectivity index (χ1v) is 3.88. The van der Waals surface area contributed by atoms with Crippen molar-refractivity contribution in [3.8, 4) is 0 Å². The van der Waals surface area contributed by atoms with Gasteiger partial charge >= 0.3 is 0 Å². The Hall–Kier alpha value is -0.0800. The second-order valence-electron chi connectivity index (χ2n) is 3.68. The maximum Gasteiger partial charge on any atom is 0.0912 e. The number of hydrogen-bond donors (Lipinski definition) is 0. The molecule has 2 heteroatoms. The van der Waals surface area contributed by atoms with Gasteiger partial charge in [0.05, 0.1) is 27.2 Å². The second-order valence-corrected chi connectivity index (χ2v) is 3.68. The lowest BCUT2D eigenvalue weighted by molar-refractivity contribution is -0.894. The Kier molecular flexibility index (Phi) is 2.32. The molecule has 1 fully saturated rings. The molecule has 0 aromatic heterocycles. The van der Waals surface area contributed by atoms with Gasteiger partial charge in [0.25, 0.3) is 0 Å². The number of rotatable bonds is 1. The molecule has 0 bridgehead atoms. The predicted octanol–water partition coefficient (Wildman–Crippen LogP) is 0.0895. The van der Waals surface area contributed by atoms with Crippen LogP contribution in [0.25, 0.3) is 0 Å². The van der Waals surface area contributed by atoms with E-state index in [9.17, 15) is 0 Å². The smallest absolute Gasteiger partial charge is 0.0912 e. The van der Waals surface area contributed by atoms with Crippen LogP contribution in [0.5, 0.6) is 0 Å². The lowest BCUT2D eigenvalue weighted by atomic mass is 10.3. The van der Waals surface area contributed by atoms with Crippen molar-refractivity contribution in [2.75, 3.05) is 46.8 Å². The van der Waals surface area contributed by atoms with Crippen LogP contribution < -0.4 is 0 Å². The van der Waals surface area contributed by atoms with Crippen LogP contribution in [0.4, 0.5) is 0 Å². The number of piperazine rings is 1. The molecule has 0 unspecified atom stereocenters. The Morgan fingerprint density at radius 1 is 1.30 bits per heavy atom. The van der Waals surface area contributed by atoms with E-state index in [2.05, 4.69) is 19.0 Å². The molecule has 1 rings (SSSR count). The first kappa shape index (κ1) is 8.02. The highest BCUT2D eigenvalue weighted by Crippen LogP contribution is 2.04. The summed E-state index contributed by atoms with van der Waals surface area (Å²) in [5, 5.41) is 0. The summed E-state index contributed by atoms with van der Waals surface area (Å²) in [6.45, 7) is 11.0. The van der Waals surface area contributed by atoms with Gasteiger partial charge in [-0.1, -0.05) is 0 Å². The van der Waals surface area contributed by atoms with Gasteiger partial charge < -0.3 is 4.48 Å². The first-order valence-electron chi connectivity index (χ1n) is 3.88. The monoisotopic (exact) mass is 141 g/mol. The Bertz CT molecular complexity index is 99.8. The molecule has 0 atom stereocenters. The molecule has 2 radical (unpaired) electrons. The van der Waals surface area contributed by atoms with Crippen molar-refractivity contribution in [1.29, 1.82) is 0 Å². The van der Waals surface area contributed by atoms with Crippen molar-refractivity contribution in [1.82, 2.24) is 4.90 Å². The van der Waals surface area contributed by atoms with Crippen LogP contribution >= 0.6 is 0 Å². The molecular formula is C8H17N2+. The van der Waals surface area contributed by atoms with Gasteiger partial charge in [0.2, 0.25) is 0 Å². The fourth-order valence-electron chi connectivity index (χ4n) is 1.23. The zero-order valence-corrected chi connectivity index (χ0v) is 7.01. The normalized spacial score (nSPS) is 26.7. The van der Waals surface area contributed by atoms with E-state index in [0.717, 1.165) is 24.1 Å². The largest absolute Gasteiger partial charge is 0.326 e. The molecule has 2 nitrogen and oxygen atoms in total. The van der Waals surface area contributed by atoms with Crippen molar-refractivity contribution in [3.63, 3.8) is 0 Å². The molecular weight excluding hydrogens is 124 g/mol. The van der Waals surface area contributed by atoms with Gasteiger partial charge in [0.15, 0.2) is 0 Å². The molecule has 0 aromatic rings. The molecule has 0 aromatic carbocycles. The average Bonchev–Trinajstić information content (AvgIpc) is 1.88.